The Morgan fingerprint density at radius 2 is 1.54 bits per heavy atom. The normalized spacial score (nSPS) is 17.8. The molecule has 1 aliphatic rings. The monoisotopic (exact) mass is 508 g/mol. The molecule has 1 unspecified atom stereocenters. The third-order valence-corrected chi connectivity index (χ3v) is 7.91. The van der Waals surface area contributed by atoms with Crippen LogP contribution in [0.15, 0.2) is 42.5 Å². The lowest BCUT2D eigenvalue weighted by Crippen LogP contribution is -2.41. The molecule has 1 atom stereocenters. The quantitative estimate of drug-likeness (QED) is 0.379. The van der Waals surface area contributed by atoms with E-state index in [4.69, 9.17) is 14.2 Å². The first kappa shape index (κ1) is 29.4. The summed E-state index contributed by atoms with van der Waals surface area (Å²) in [5, 5.41) is 10.4. The Kier molecular flexibility index (Phi) is 9.32. The van der Waals surface area contributed by atoms with E-state index in [2.05, 4.69) is 64.1 Å². The molecule has 1 N–H and O–H groups in total. The van der Waals surface area contributed by atoms with E-state index in [-0.39, 0.29) is 16.7 Å². The maximum atomic E-state index is 10.4. The van der Waals surface area contributed by atoms with Crippen molar-refractivity contribution in [3.05, 3.63) is 70.3 Å². The summed E-state index contributed by atoms with van der Waals surface area (Å²) >= 11 is 0. The van der Waals surface area contributed by atoms with Crippen LogP contribution in [-0.4, -0.2) is 36.8 Å². The van der Waals surface area contributed by atoms with Crippen LogP contribution in [0, 0.1) is 25.2 Å². The molecule has 4 heteroatoms. The Morgan fingerprint density at radius 3 is 2.05 bits per heavy atom. The van der Waals surface area contributed by atoms with Gasteiger partial charge < -0.3 is 19.3 Å². The third kappa shape index (κ3) is 7.04. The van der Waals surface area contributed by atoms with E-state index in [0.29, 0.717) is 19.8 Å². The topological polar surface area (TPSA) is 47.9 Å². The molecule has 4 nitrogen and oxygen atoms in total. The van der Waals surface area contributed by atoms with Crippen LogP contribution >= 0.6 is 0 Å². The Morgan fingerprint density at radius 1 is 0.973 bits per heavy atom. The highest BCUT2D eigenvalue weighted by molar-refractivity contribution is 5.57. The molecule has 0 saturated carbocycles. The Hall–Kier alpha value is -2.14. The van der Waals surface area contributed by atoms with Gasteiger partial charge in [-0.2, -0.15) is 0 Å². The van der Waals surface area contributed by atoms with Gasteiger partial charge in [-0.05, 0) is 79.8 Å². The van der Waals surface area contributed by atoms with Crippen molar-refractivity contribution >= 4 is 6.08 Å². The summed E-state index contributed by atoms with van der Waals surface area (Å²) in [5.41, 5.74) is 5.92. The summed E-state index contributed by atoms with van der Waals surface area (Å²) in [7, 11) is 0. The molecule has 0 bridgehead atoms. The largest absolute Gasteiger partial charge is 0.493 e. The Labute approximate surface area is 225 Å². The maximum absolute atomic E-state index is 10.4. The van der Waals surface area contributed by atoms with E-state index in [1.165, 1.54) is 16.7 Å². The minimum atomic E-state index is -0.502. The smallest absolute Gasteiger partial charge is 0.162 e. The minimum Gasteiger partial charge on any atom is -0.493 e. The van der Waals surface area contributed by atoms with Gasteiger partial charge in [-0.1, -0.05) is 77.1 Å². The van der Waals surface area contributed by atoms with E-state index in [1.807, 2.05) is 46.8 Å². The van der Waals surface area contributed by atoms with Crippen LogP contribution in [-0.2, 0) is 14.9 Å². The molecule has 3 rings (SSSR count). The van der Waals surface area contributed by atoms with Gasteiger partial charge in [-0.3, -0.25) is 0 Å². The number of ether oxygens (including phenoxy) is 3. The number of aliphatic hydroxyl groups is 1. The zero-order chi connectivity index (χ0) is 27.4. The molecule has 1 aliphatic heterocycles. The van der Waals surface area contributed by atoms with Crippen molar-refractivity contribution in [2.75, 3.05) is 19.8 Å². The molecule has 0 aliphatic carbocycles. The van der Waals surface area contributed by atoms with Gasteiger partial charge in [0.25, 0.3) is 0 Å². The van der Waals surface area contributed by atoms with Crippen LogP contribution in [0.3, 0.4) is 0 Å². The first-order valence-electron chi connectivity index (χ1n) is 13.8. The van der Waals surface area contributed by atoms with Crippen molar-refractivity contribution in [1.82, 2.24) is 0 Å². The molecule has 1 saturated heterocycles. The van der Waals surface area contributed by atoms with Crippen LogP contribution in [0.2, 0.25) is 0 Å². The lowest BCUT2D eigenvalue weighted by Gasteiger charge is -2.35. The second kappa shape index (κ2) is 11.7. The molecular weight excluding hydrogens is 460 g/mol. The first-order chi connectivity index (χ1) is 17.3. The highest BCUT2D eigenvalue weighted by atomic mass is 16.7. The lowest BCUT2D eigenvalue weighted by molar-refractivity contribution is -0.264. The standard InChI is InChI=1S/C33H48O4/c1-10-33(11-2,27-14-12-26(23(3)18-27)13-17-30(34)31(5,6)7)28-15-16-29(24(4)19-28)35-20-25-21-36-32(8,9)37-22-25/h12-19,25,30,34H,10-11,20-22H2,1-9H3/b17-13+. The van der Waals surface area contributed by atoms with Gasteiger partial charge in [-0.15, -0.1) is 0 Å². The van der Waals surface area contributed by atoms with E-state index in [0.717, 1.165) is 29.7 Å². The van der Waals surface area contributed by atoms with Gasteiger partial charge in [0.15, 0.2) is 5.79 Å². The average molecular weight is 509 g/mol. The summed E-state index contributed by atoms with van der Waals surface area (Å²) in [6.07, 6.45) is 5.49. The van der Waals surface area contributed by atoms with Crippen molar-refractivity contribution in [1.29, 1.82) is 0 Å². The van der Waals surface area contributed by atoms with Crippen molar-refractivity contribution in [2.45, 2.75) is 92.5 Å². The van der Waals surface area contributed by atoms with Gasteiger partial charge in [0.05, 0.1) is 25.9 Å². The number of benzene rings is 2. The van der Waals surface area contributed by atoms with Crippen LogP contribution in [0.5, 0.6) is 5.75 Å². The number of hydrogen-bond acceptors (Lipinski definition) is 4. The molecule has 0 amide bonds. The number of aryl methyl sites for hydroxylation is 2. The van der Waals surface area contributed by atoms with Gasteiger partial charge in [-0.25, -0.2) is 0 Å². The Bertz CT molecular complexity index is 1060. The third-order valence-electron chi connectivity index (χ3n) is 7.91. The van der Waals surface area contributed by atoms with E-state index >= 15 is 0 Å². The van der Waals surface area contributed by atoms with Crippen molar-refractivity contribution in [3.8, 4) is 5.75 Å². The highest BCUT2D eigenvalue weighted by Gasteiger charge is 2.32. The highest BCUT2D eigenvalue weighted by Crippen LogP contribution is 2.41. The first-order valence-corrected chi connectivity index (χ1v) is 13.8. The molecule has 204 valence electrons. The average Bonchev–Trinajstić information content (AvgIpc) is 2.84. The predicted octanol–water partition coefficient (Wildman–Crippen LogP) is 7.61. The fourth-order valence-electron chi connectivity index (χ4n) is 5.02. The number of aliphatic hydroxyl groups excluding tert-OH is 1. The Balaban J connectivity index is 1.80. The SMILES string of the molecule is CCC(CC)(c1ccc(/C=C/C(O)C(C)(C)C)c(C)c1)c1ccc(OCC2COC(C)(C)OC2)c(C)c1. The molecule has 0 radical (unpaired) electrons. The summed E-state index contributed by atoms with van der Waals surface area (Å²) < 4.78 is 17.8. The number of hydrogen-bond donors (Lipinski definition) is 1. The fourth-order valence-corrected chi connectivity index (χ4v) is 5.02. The van der Waals surface area contributed by atoms with Crippen LogP contribution in [0.1, 0.15) is 89.1 Å². The molecule has 37 heavy (non-hydrogen) atoms. The van der Waals surface area contributed by atoms with Gasteiger partial charge >= 0.3 is 0 Å². The fraction of sp³-hybridized carbons (Fsp3) is 0.576. The van der Waals surface area contributed by atoms with Gasteiger partial charge in [0, 0.05) is 11.3 Å². The van der Waals surface area contributed by atoms with Crippen molar-refractivity contribution in [3.63, 3.8) is 0 Å². The molecule has 1 fully saturated rings. The molecule has 0 spiro atoms. The van der Waals surface area contributed by atoms with Crippen molar-refractivity contribution in [2.24, 2.45) is 11.3 Å². The van der Waals surface area contributed by atoms with Crippen molar-refractivity contribution < 1.29 is 19.3 Å². The summed E-state index contributed by atoms with van der Waals surface area (Å²) in [4.78, 5) is 0. The molecule has 0 aromatic heterocycles. The molecular formula is C33H48O4. The second-order valence-electron chi connectivity index (χ2n) is 12.2. The van der Waals surface area contributed by atoms with Gasteiger partial charge in [0.1, 0.15) is 5.75 Å². The molecule has 2 aromatic rings. The zero-order valence-corrected chi connectivity index (χ0v) is 24.5. The number of rotatable bonds is 9. The summed E-state index contributed by atoms with van der Waals surface area (Å²) in [6, 6.07) is 13.4. The second-order valence-corrected chi connectivity index (χ2v) is 12.2. The molecule has 2 aromatic carbocycles. The van der Waals surface area contributed by atoms with Gasteiger partial charge in [0.2, 0.25) is 0 Å². The minimum absolute atomic E-state index is 0.0716. The maximum Gasteiger partial charge on any atom is 0.162 e. The van der Waals surface area contributed by atoms with E-state index in [9.17, 15) is 5.11 Å². The van der Waals surface area contributed by atoms with Crippen LogP contribution in [0.25, 0.3) is 6.08 Å². The predicted molar refractivity (Wildman–Crippen MR) is 153 cm³/mol. The molecule has 1 heterocycles. The van der Waals surface area contributed by atoms with Crippen LogP contribution < -0.4 is 4.74 Å². The summed E-state index contributed by atoms with van der Waals surface area (Å²) in [6.45, 7) is 20.8. The van der Waals surface area contributed by atoms with E-state index in [1.54, 1.807) is 0 Å². The summed E-state index contributed by atoms with van der Waals surface area (Å²) in [5.74, 6) is 0.652. The van der Waals surface area contributed by atoms with Crippen LogP contribution in [0.4, 0.5) is 0 Å². The lowest BCUT2D eigenvalue weighted by atomic mass is 9.70. The zero-order valence-electron chi connectivity index (χ0n) is 24.5. The van der Waals surface area contributed by atoms with E-state index < -0.39 is 11.9 Å².